The molecule has 1 saturated carbocycles. The Labute approximate surface area is 151 Å². The topological polar surface area (TPSA) is 65.7 Å². The average molecular weight is 348 g/mol. The van der Waals surface area contributed by atoms with E-state index in [-0.39, 0.29) is 5.41 Å². The van der Waals surface area contributed by atoms with Gasteiger partial charge in [-0.25, -0.2) is 9.98 Å². The summed E-state index contributed by atoms with van der Waals surface area (Å²) >= 11 is 0. The van der Waals surface area contributed by atoms with E-state index in [9.17, 15) is 0 Å². The summed E-state index contributed by atoms with van der Waals surface area (Å²) in [7, 11) is 0. The zero-order valence-electron chi connectivity index (χ0n) is 16.1. The Morgan fingerprint density at radius 2 is 2.12 bits per heavy atom. The van der Waals surface area contributed by atoms with Crippen LogP contribution in [0.1, 0.15) is 58.6 Å². The Hall–Kier alpha value is -1.56. The number of aliphatic imine (C=N–C) groups is 1. The van der Waals surface area contributed by atoms with Crippen molar-refractivity contribution < 1.29 is 4.42 Å². The lowest BCUT2D eigenvalue weighted by Crippen LogP contribution is -2.40. The lowest BCUT2D eigenvalue weighted by Gasteiger charge is -2.16. The SMILES string of the molecule is CCNC(=NCc1ncc(C(C)(C)C)o1)NCC1CCN(C2CC2)C1. The Bertz CT molecular complexity index is 585. The number of nitrogens with zero attached hydrogens (tertiary/aromatic N) is 3. The van der Waals surface area contributed by atoms with E-state index in [0.717, 1.165) is 36.8 Å². The molecular formula is C19H33N5O. The lowest BCUT2D eigenvalue weighted by molar-refractivity contribution is 0.314. The van der Waals surface area contributed by atoms with Gasteiger partial charge in [-0.1, -0.05) is 20.8 Å². The number of hydrogen-bond acceptors (Lipinski definition) is 4. The van der Waals surface area contributed by atoms with Crippen molar-refractivity contribution >= 4 is 5.96 Å². The van der Waals surface area contributed by atoms with Crippen LogP contribution in [-0.4, -0.2) is 48.1 Å². The minimum atomic E-state index is -0.0202. The van der Waals surface area contributed by atoms with Crippen LogP contribution in [0.15, 0.2) is 15.6 Å². The Balaban J connectivity index is 1.49. The Morgan fingerprint density at radius 1 is 1.32 bits per heavy atom. The van der Waals surface area contributed by atoms with Gasteiger partial charge in [0.2, 0.25) is 5.89 Å². The molecule has 2 N–H and O–H groups in total. The predicted octanol–water partition coefficient (Wildman–Crippen LogP) is 2.51. The van der Waals surface area contributed by atoms with E-state index < -0.39 is 0 Å². The third-order valence-electron chi connectivity index (χ3n) is 4.95. The highest BCUT2D eigenvalue weighted by atomic mass is 16.4. The first kappa shape index (κ1) is 18.2. The summed E-state index contributed by atoms with van der Waals surface area (Å²) in [6, 6.07) is 0.883. The summed E-state index contributed by atoms with van der Waals surface area (Å²) in [6.07, 6.45) is 5.90. The van der Waals surface area contributed by atoms with Gasteiger partial charge in [0.05, 0.1) is 6.20 Å². The molecule has 1 aliphatic carbocycles. The maximum atomic E-state index is 5.82. The van der Waals surface area contributed by atoms with Gasteiger partial charge in [0, 0.05) is 31.1 Å². The van der Waals surface area contributed by atoms with Gasteiger partial charge in [-0.05, 0) is 38.6 Å². The molecule has 140 valence electrons. The quantitative estimate of drug-likeness (QED) is 0.611. The number of aromatic nitrogens is 1. The zero-order valence-corrected chi connectivity index (χ0v) is 16.1. The van der Waals surface area contributed by atoms with E-state index in [2.05, 4.69) is 53.2 Å². The first-order chi connectivity index (χ1) is 12.0. The number of guanidine groups is 1. The van der Waals surface area contributed by atoms with Crippen molar-refractivity contribution in [2.75, 3.05) is 26.2 Å². The highest BCUT2D eigenvalue weighted by Crippen LogP contribution is 2.31. The van der Waals surface area contributed by atoms with Crippen LogP contribution in [-0.2, 0) is 12.0 Å². The van der Waals surface area contributed by atoms with Gasteiger partial charge < -0.3 is 20.0 Å². The number of rotatable bonds is 6. The summed E-state index contributed by atoms with van der Waals surface area (Å²) in [5.41, 5.74) is -0.0202. The minimum Gasteiger partial charge on any atom is -0.443 e. The normalized spacial score (nSPS) is 22.4. The van der Waals surface area contributed by atoms with E-state index in [1.165, 1.54) is 32.4 Å². The molecule has 1 aliphatic heterocycles. The van der Waals surface area contributed by atoms with Crippen LogP contribution >= 0.6 is 0 Å². The molecule has 1 atom stereocenters. The summed E-state index contributed by atoms with van der Waals surface area (Å²) in [5.74, 6) is 3.14. The predicted molar refractivity (Wildman–Crippen MR) is 101 cm³/mol. The molecule has 25 heavy (non-hydrogen) atoms. The lowest BCUT2D eigenvalue weighted by atomic mass is 9.94. The minimum absolute atomic E-state index is 0.0202. The smallest absolute Gasteiger partial charge is 0.216 e. The molecule has 3 rings (SSSR count). The summed E-state index contributed by atoms with van der Waals surface area (Å²) in [5, 5.41) is 6.81. The first-order valence-electron chi connectivity index (χ1n) is 9.67. The van der Waals surface area contributed by atoms with E-state index in [4.69, 9.17) is 4.42 Å². The second-order valence-electron chi connectivity index (χ2n) is 8.33. The van der Waals surface area contributed by atoms with E-state index in [1.54, 1.807) is 0 Å². The van der Waals surface area contributed by atoms with Gasteiger partial charge in [-0.15, -0.1) is 0 Å². The maximum absolute atomic E-state index is 5.82. The molecule has 0 spiro atoms. The molecule has 0 bridgehead atoms. The monoisotopic (exact) mass is 347 g/mol. The zero-order chi connectivity index (χ0) is 17.9. The number of nitrogens with one attached hydrogen (secondary N) is 2. The van der Waals surface area contributed by atoms with Crippen LogP contribution < -0.4 is 10.6 Å². The van der Waals surface area contributed by atoms with Crippen molar-refractivity contribution in [2.45, 2.75) is 65.0 Å². The van der Waals surface area contributed by atoms with E-state index in [1.807, 2.05) is 6.20 Å². The second kappa shape index (κ2) is 7.77. The highest BCUT2D eigenvalue weighted by Gasteiger charge is 2.34. The summed E-state index contributed by atoms with van der Waals surface area (Å²) in [6.45, 7) is 13.2. The molecule has 2 fully saturated rings. The van der Waals surface area contributed by atoms with Crippen molar-refractivity contribution in [3.8, 4) is 0 Å². The summed E-state index contributed by atoms with van der Waals surface area (Å²) in [4.78, 5) is 11.6. The van der Waals surface area contributed by atoms with Crippen molar-refractivity contribution in [1.82, 2.24) is 20.5 Å². The Kier molecular flexibility index (Phi) is 5.67. The van der Waals surface area contributed by atoms with Crippen molar-refractivity contribution in [3.63, 3.8) is 0 Å². The van der Waals surface area contributed by atoms with Gasteiger partial charge in [0.1, 0.15) is 12.3 Å². The van der Waals surface area contributed by atoms with Crippen molar-refractivity contribution in [1.29, 1.82) is 0 Å². The molecule has 2 heterocycles. The van der Waals surface area contributed by atoms with E-state index in [0.29, 0.717) is 12.4 Å². The standard InChI is InChI=1S/C19H33N5O/c1-5-20-18(22-10-14-8-9-24(13-14)15-6-7-15)23-12-17-21-11-16(25-17)19(2,3)4/h11,14-15H,5-10,12-13H2,1-4H3,(H2,20,22,23). The second-order valence-corrected chi connectivity index (χ2v) is 8.33. The largest absolute Gasteiger partial charge is 0.443 e. The van der Waals surface area contributed by atoms with E-state index >= 15 is 0 Å². The highest BCUT2D eigenvalue weighted by molar-refractivity contribution is 5.79. The molecule has 1 aromatic rings. The molecule has 6 heteroatoms. The van der Waals surface area contributed by atoms with Gasteiger partial charge in [-0.3, -0.25) is 0 Å². The van der Waals surface area contributed by atoms with Crippen molar-refractivity contribution in [3.05, 3.63) is 17.8 Å². The summed E-state index contributed by atoms with van der Waals surface area (Å²) < 4.78 is 5.82. The molecule has 1 unspecified atom stereocenters. The third-order valence-corrected chi connectivity index (χ3v) is 4.95. The molecule has 1 aromatic heterocycles. The van der Waals surface area contributed by atoms with Crippen LogP contribution in [0, 0.1) is 5.92 Å². The van der Waals surface area contributed by atoms with Crippen LogP contribution in [0.2, 0.25) is 0 Å². The van der Waals surface area contributed by atoms with Crippen molar-refractivity contribution in [2.24, 2.45) is 10.9 Å². The average Bonchev–Trinajstić information content (AvgIpc) is 3.10. The molecule has 2 aliphatic rings. The number of likely N-dealkylation sites (tertiary alicyclic amines) is 1. The van der Waals surface area contributed by atoms with Gasteiger partial charge in [0.25, 0.3) is 0 Å². The third kappa shape index (κ3) is 5.21. The maximum Gasteiger partial charge on any atom is 0.216 e. The molecule has 0 amide bonds. The van der Waals surface area contributed by atoms with Gasteiger partial charge in [-0.2, -0.15) is 0 Å². The van der Waals surface area contributed by atoms with Crippen LogP contribution in [0.3, 0.4) is 0 Å². The molecule has 0 radical (unpaired) electrons. The van der Waals surface area contributed by atoms with Crippen LogP contribution in [0.25, 0.3) is 0 Å². The first-order valence-corrected chi connectivity index (χ1v) is 9.67. The number of oxazole rings is 1. The van der Waals surface area contributed by atoms with Gasteiger partial charge >= 0.3 is 0 Å². The number of hydrogen-bond donors (Lipinski definition) is 2. The molecular weight excluding hydrogens is 314 g/mol. The van der Waals surface area contributed by atoms with Crippen LogP contribution in [0.4, 0.5) is 0 Å². The molecule has 6 nitrogen and oxygen atoms in total. The molecule has 1 saturated heterocycles. The van der Waals surface area contributed by atoms with Gasteiger partial charge in [0.15, 0.2) is 5.96 Å². The van der Waals surface area contributed by atoms with Crippen LogP contribution in [0.5, 0.6) is 0 Å². The Morgan fingerprint density at radius 3 is 2.76 bits per heavy atom. The fourth-order valence-corrected chi connectivity index (χ4v) is 3.26. The molecule has 0 aromatic carbocycles. The fourth-order valence-electron chi connectivity index (χ4n) is 3.26. The fraction of sp³-hybridized carbons (Fsp3) is 0.789.